The summed E-state index contributed by atoms with van der Waals surface area (Å²) < 4.78 is 5.71. The van der Waals surface area contributed by atoms with E-state index >= 15 is 0 Å². The van der Waals surface area contributed by atoms with E-state index in [1.54, 1.807) is 0 Å². The minimum Gasteiger partial charge on any atom is -0.469 e. The zero-order valence-corrected chi connectivity index (χ0v) is 9.79. The zero-order valence-electron chi connectivity index (χ0n) is 7.63. The van der Waals surface area contributed by atoms with Crippen LogP contribution in [0.25, 0.3) is 0 Å². The third-order valence-corrected chi connectivity index (χ3v) is 2.78. The Hall–Kier alpha value is -0.580. The maximum atomic E-state index is 11.0. The fourth-order valence-corrected chi connectivity index (χ4v) is 1.89. The molecule has 70 valence electrons. The Bertz CT molecular complexity index is 321. The summed E-state index contributed by atoms with van der Waals surface area (Å²) in [6.45, 7) is 2.03. The van der Waals surface area contributed by atoms with E-state index in [1.807, 2.05) is 19.1 Å². The van der Waals surface area contributed by atoms with Crippen molar-refractivity contribution < 1.29 is 9.53 Å². The average molecular weight is 290 g/mol. The van der Waals surface area contributed by atoms with Crippen molar-refractivity contribution in [3.8, 4) is 0 Å². The molecule has 0 aliphatic carbocycles. The first-order chi connectivity index (χ1) is 6.13. The van der Waals surface area contributed by atoms with Crippen LogP contribution in [-0.2, 0) is 16.0 Å². The molecule has 0 saturated heterocycles. The van der Waals surface area contributed by atoms with Gasteiger partial charge >= 0.3 is 5.97 Å². The van der Waals surface area contributed by atoms with Crippen LogP contribution < -0.4 is 0 Å². The summed E-state index contributed by atoms with van der Waals surface area (Å²) in [5, 5.41) is 0. The molecule has 0 spiro atoms. The number of benzene rings is 1. The van der Waals surface area contributed by atoms with Crippen LogP contribution in [0.15, 0.2) is 18.2 Å². The van der Waals surface area contributed by atoms with E-state index in [2.05, 4.69) is 33.4 Å². The molecule has 0 aromatic heterocycles. The third-order valence-electron chi connectivity index (χ3n) is 1.77. The van der Waals surface area contributed by atoms with Crippen molar-refractivity contribution in [2.45, 2.75) is 13.3 Å². The van der Waals surface area contributed by atoms with Gasteiger partial charge in [-0.1, -0.05) is 17.7 Å². The van der Waals surface area contributed by atoms with Gasteiger partial charge in [-0.15, -0.1) is 0 Å². The highest BCUT2D eigenvalue weighted by Crippen LogP contribution is 2.14. The summed E-state index contributed by atoms with van der Waals surface area (Å²) in [5.74, 6) is -0.193. The molecule has 0 bridgehead atoms. The molecule has 0 N–H and O–H groups in total. The number of hydrogen-bond donors (Lipinski definition) is 0. The number of aryl methyl sites for hydroxylation is 1. The first-order valence-corrected chi connectivity index (χ1v) is 5.03. The molecule has 1 rings (SSSR count). The van der Waals surface area contributed by atoms with Gasteiger partial charge in [-0.2, -0.15) is 0 Å². The fourth-order valence-electron chi connectivity index (χ4n) is 1.02. The number of hydrogen-bond acceptors (Lipinski definition) is 2. The van der Waals surface area contributed by atoms with Crippen LogP contribution in [0.3, 0.4) is 0 Å². The lowest BCUT2D eigenvalue weighted by Crippen LogP contribution is -2.05. The Balaban J connectivity index is 2.83. The van der Waals surface area contributed by atoms with E-state index in [0.717, 1.165) is 9.13 Å². The van der Waals surface area contributed by atoms with Crippen LogP contribution >= 0.6 is 22.6 Å². The Morgan fingerprint density at radius 2 is 2.23 bits per heavy atom. The summed E-state index contributed by atoms with van der Waals surface area (Å²) in [5.41, 5.74) is 2.23. The van der Waals surface area contributed by atoms with Crippen molar-refractivity contribution in [3.05, 3.63) is 32.9 Å². The molecular weight excluding hydrogens is 279 g/mol. The molecule has 0 atom stereocenters. The van der Waals surface area contributed by atoms with E-state index < -0.39 is 0 Å². The van der Waals surface area contributed by atoms with E-state index in [1.165, 1.54) is 12.7 Å². The normalized spacial score (nSPS) is 9.77. The smallest absolute Gasteiger partial charge is 0.310 e. The molecular formula is C10H11IO2. The molecule has 2 nitrogen and oxygen atoms in total. The largest absolute Gasteiger partial charge is 0.469 e. The fraction of sp³-hybridized carbons (Fsp3) is 0.300. The van der Waals surface area contributed by atoms with Crippen molar-refractivity contribution in [2.75, 3.05) is 7.11 Å². The number of ether oxygens (including phenoxy) is 1. The molecule has 0 aliphatic rings. The SMILES string of the molecule is COC(=O)Cc1ccc(C)cc1I. The van der Waals surface area contributed by atoms with E-state index in [-0.39, 0.29) is 5.97 Å². The Morgan fingerprint density at radius 3 is 2.77 bits per heavy atom. The lowest BCUT2D eigenvalue weighted by molar-refractivity contribution is -0.139. The second-order valence-corrected chi connectivity index (χ2v) is 4.01. The predicted octanol–water partition coefficient (Wildman–Crippen LogP) is 2.32. The van der Waals surface area contributed by atoms with Gasteiger partial charge in [0.2, 0.25) is 0 Å². The van der Waals surface area contributed by atoms with Crippen LogP contribution in [0, 0.1) is 10.5 Å². The molecule has 0 fully saturated rings. The van der Waals surface area contributed by atoms with Crippen LogP contribution in [0.2, 0.25) is 0 Å². The van der Waals surface area contributed by atoms with Crippen LogP contribution in [0.5, 0.6) is 0 Å². The molecule has 13 heavy (non-hydrogen) atoms. The van der Waals surface area contributed by atoms with Gasteiger partial charge in [-0.05, 0) is 41.1 Å². The van der Waals surface area contributed by atoms with Gasteiger partial charge in [-0.3, -0.25) is 4.79 Å². The van der Waals surface area contributed by atoms with E-state index in [4.69, 9.17) is 0 Å². The lowest BCUT2D eigenvalue weighted by atomic mass is 10.1. The van der Waals surface area contributed by atoms with Gasteiger partial charge in [0.1, 0.15) is 0 Å². The van der Waals surface area contributed by atoms with Crippen LogP contribution in [0.1, 0.15) is 11.1 Å². The second-order valence-electron chi connectivity index (χ2n) is 2.85. The summed E-state index contributed by atoms with van der Waals surface area (Å²) in [4.78, 5) is 11.0. The summed E-state index contributed by atoms with van der Waals surface area (Å²) >= 11 is 2.23. The minimum absolute atomic E-state index is 0.193. The highest BCUT2D eigenvalue weighted by Gasteiger charge is 2.05. The van der Waals surface area contributed by atoms with E-state index in [9.17, 15) is 4.79 Å². The molecule has 0 amide bonds. The summed E-state index contributed by atoms with van der Waals surface area (Å²) in [6, 6.07) is 6.02. The highest BCUT2D eigenvalue weighted by molar-refractivity contribution is 14.1. The molecule has 0 heterocycles. The van der Waals surface area contributed by atoms with Crippen molar-refractivity contribution >= 4 is 28.6 Å². The monoisotopic (exact) mass is 290 g/mol. The first kappa shape index (κ1) is 10.5. The maximum absolute atomic E-state index is 11.0. The van der Waals surface area contributed by atoms with Crippen molar-refractivity contribution in [1.82, 2.24) is 0 Å². The molecule has 0 unspecified atom stereocenters. The Labute approximate surface area is 91.4 Å². The minimum atomic E-state index is -0.193. The standard InChI is InChI=1S/C10H11IO2/c1-7-3-4-8(9(11)5-7)6-10(12)13-2/h3-5H,6H2,1-2H3. The maximum Gasteiger partial charge on any atom is 0.310 e. The van der Waals surface area contributed by atoms with Crippen molar-refractivity contribution in [1.29, 1.82) is 0 Å². The van der Waals surface area contributed by atoms with Crippen LogP contribution in [0.4, 0.5) is 0 Å². The first-order valence-electron chi connectivity index (χ1n) is 3.95. The third kappa shape index (κ3) is 2.99. The van der Waals surface area contributed by atoms with Gasteiger partial charge in [0.05, 0.1) is 13.5 Å². The summed E-state index contributed by atoms with van der Waals surface area (Å²) in [7, 11) is 1.41. The lowest BCUT2D eigenvalue weighted by Gasteiger charge is -2.03. The molecule has 1 aromatic rings. The van der Waals surface area contributed by atoms with Gasteiger partial charge in [0, 0.05) is 3.57 Å². The van der Waals surface area contributed by atoms with Gasteiger partial charge in [-0.25, -0.2) is 0 Å². The molecule has 3 heteroatoms. The Morgan fingerprint density at radius 1 is 1.54 bits per heavy atom. The van der Waals surface area contributed by atoms with Crippen molar-refractivity contribution in [3.63, 3.8) is 0 Å². The number of halogens is 1. The quantitative estimate of drug-likeness (QED) is 0.617. The van der Waals surface area contributed by atoms with Crippen molar-refractivity contribution in [2.24, 2.45) is 0 Å². The van der Waals surface area contributed by atoms with E-state index in [0.29, 0.717) is 6.42 Å². The second kappa shape index (κ2) is 4.60. The topological polar surface area (TPSA) is 26.3 Å². The van der Waals surface area contributed by atoms with Gasteiger partial charge < -0.3 is 4.74 Å². The number of carbonyl (C=O) groups excluding carboxylic acids is 1. The number of esters is 1. The number of rotatable bonds is 2. The molecule has 0 aliphatic heterocycles. The van der Waals surface area contributed by atoms with Gasteiger partial charge in [0.15, 0.2) is 0 Å². The van der Waals surface area contributed by atoms with Gasteiger partial charge in [0.25, 0.3) is 0 Å². The molecule has 0 saturated carbocycles. The molecule has 0 radical (unpaired) electrons. The predicted molar refractivity (Wildman–Crippen MR) is 59.6 cm³/mol. The average Bonchev–Trinajstić information content (AvgIpc) is 2.09. The number of carbonyl (C=O) groups is 1. The highest BCUT2D eigenvalue weighted by atomic mass is 127. The Kier molecular flexibility index (Phi) is 3.71. The number of methoxy groups -OCH3 is 1. The summed E-state index contributed by atoms with van der Waals surface area (Å²) in [6.07, 6.45) is 0.356. The zero-order chi connectivity index (χ0) is 9.84. The van der Waals surface area contributed by atoms with Crippen LogP contribution in [-0.4, -0.2) is 13.1 Å². The molecule has 1 aromatic carbocycles.